The van der Waals surface area contributed by atoms with E-state index in [9.17, 15) is 4.79 Å². The highest BCUT2D eigenvalue weighted by molar-refractivity contribution is 14.1. The Bertz CT molecular complexity index is 401. The van der Waals surface area contributed by atoms with Crippen molar-refractivity contribution in [3.63, 3.8) is 0 Å². The van der Waals surface area contributed by atoms with Gasteiger partial charge < -0.3 is 5.32 Å². The molecule has 0 saturated carbocycles. The van der Waals surface area contributed by atoms with Gasteiger partial charge in [0.1, 0.15) is 0 Å². The van der Waals surface area contributed by atoms with Crippen LogP contribution in [0.4, 0.5) is 0 Å². The number of amides is 1. The lowest BCUT2D eigenvalue weighted by Gasteiger charge is -2.19. The van der Waals surface area contributed by atoms with Crippen LogP contribution in [0, 0.1) is 15.9 Å². The zero-order chi connectivity index (χ0) is 11.5. The molecule has 2 nitrogen and oxygen atoms in total. The van der Waals surface area contributed by atoms with Crippen molar-refractivity contribution in [1.82, 2.24) is 5.32 Å². The number of benzene rings is 1. The van der Waals surface area contributed by atoms with Gasteiger partial charge in [0.05, 0.1) is 5.54 Å². The summed E-state index contributed by atoms with van der Waals surface area (Å²) in [6, 6.07) is 7.34. The molecule has 0 bridgehead atoms. The minimum absolute atomic E-state index is 0.144. The molecule has 0 aliphatic rings. The number of rotatable bonds is 2. The normalized spacial score (nSPS) is 10.5. The van der Waals surface area contributed by atoms with Crippen LogP contribution in [0.25, 0.3) is 0 Å². The maximum atomic E-state index is 11.7. The summed E-state index contributed by atoms with van der Waals surface area (Å²) in [6.07, 6.45) is 5.29. The van der Waals surface area contributed by atoms with Gasteiger partial charge in [0.2, 0.25) is 0 Å². The summed E-state index contributed by atoms with van der Waals surface area (Å²) < 4.78 is 1.10. The van der Waals surface area contributed by atoms with E-state index in [1.165, 1.54) is 0 Å². The molecule has 0 aromatic heterocycles. The Balaban J connectivity index is 2.79. The number of hydrogen-bond acceptors (Lipinski definition) is 1. The van der Waals surface area contributed by atoms with E-state index >= 15 is 0 Å². The molecule has 0 radical (unpaired) electrons. The average Bonchev–Trinajstić information content (AvgIpc) is 2.18. The molecule has 1 aromatic carbocycles. The summed E-state index contributed by atoms with van der Waals surface area (Å²) in [5.41, 5.74) is 0.0128. The minimum Gasteiger partial charge on any atom is -0.336 e. The van der Waals surface area contributed by atoms with E-state index in [0.717, 1.165) is 3.57 Å². The molecule has 0 spiro atoms. The maximum absolute atomic E-state index is 11.7. The summed E-state index contributed by atoms with van der Waals surface area (Å²) in [5.74, 6) is 2.38. The van der Waals surface area contributed by atoms with Crippen LogP contribution in [0.15, 0.2) is 24.3 Å². The standard InChI is InChI=1S/C12H12INO/c1-4-12(2,3)14-11(15)9-5-7-10(13)8-6-9/h1,5-8H,2-3H3,(H,14,15). The van der Waals surface area contributed by atoms with E-state index in [1.807, 2.05) is 12.1 Å². The third kappa shape index (κ3) is 3.56. The first-order chi connectivity index (χ1) is 6.94. The molecule has 0 fully saturated rings. The molecule has 0 aliphatic carbocycles. The van der Waals surface area contributed by atoms with Crippen LogP contribution >= 0.6 is 22.6 Å². The van der Waals surface area contributed by atoms with Crippen molar-refractivity contribution in [2.75, 3.05) is 0 Å². The van der Waals surface area contributed by atoms with E-state index in [4.69, 9.17) is 6.42 Å². The SMILES string of the molecule is C#CC(C)(C)NC(=O)c1ccc(I)cc1. The summed E-state index contributed by atoms with van der Waals surface area (Å²) in [4.78, 5) is 11.7. The van der Waals surface area contributed by atoms with Gasteiger partial charge in [-0.1, -0.05) is 5.92 Å². The molecule has 78 valence electrons. The summed E-state index contributed by atoms with van der Waals surface area (Å²) in [5, 5.41) is 2.76. The fourth-order valence-corrected chi connectivity index (χ4v) is 1.35. The van der Waals surface area contributed by atoms with Gasteiger partial charge in [-0.15, -0.1) is 6.42 Å². The number of nitrogens with one attached hydrogen (secondary N) is 1. The van der Waals surface area contributed by atoms with Gasteiger partial charge in [-0.2, -0.15) is 0 Å². The van der Waals surface area contributed by atoms with E-state index in [1.54, 1.807) is 26.0 Å². The Morgan fingerprint density at radius 1 is 1.40 bits per heavy atom. The largest absolute Gasteiger partial charge is 0.336 e. The third-order valence-electron chi connectivity index (χ3n) is 1.89. The highest BCUT2D eigenvalue weighted by atomic mass is 127. The van der Waals surface area contributed by atoms with E-state index in [0.29, 0.717) is 5.56 Å². The second-order valence-corrected chi connectivity index (χ2v) is 4.98. The van der Waals surface area contributed by atoms with Crippen LogP contribution in [0.2, 0.25) is 0 Å². The van der Waals surface area contributed by atoms with Crippen LogP contribution in [0.3, 0.4) is 0 Å². The predicted molar refractivity (Wildman–Crippen MR) is 69.5 cm³/mol. The highest BCUT2D eigenvalue weighted by Gasteiger charge is 2.17. The molecule has 0 aliphatic heterocycles. The molecule has 1 amide bonds. The van der Waals surface area contributed by atoms with Crippen LogP contribution in [-0.2, 0) is 0 Å². The smallest absolute Gasteiger partial charge is 0.252 e. The van der Waals surface area contributed by atoms with Crippen LogP contribution in [0.1, 0.15) is 24.2 Å². The number of hydrogen-bond donors (Lipinski definition) is 1. The molecule has 0 heterocycles. The monoisotopic (exact) mass is 313 g/mol. The maximum Gasteiger partial charge on any atom is 0.252 e. The number of terminal acetylenes is 1. The van der Waals surface area contributed by atoms with E-state index in [-0.39, 0.29) is 5.91 Å². The first kappa shape index (κ1) is 12.1. The van der Waals surface area contributed by atoms with Gasteiger partial charge in [-0.05, 0) is 60.7 Å². The second kappa shape index (κ2) is 4.67. The molecule has 0 saturated heterocycles. The highest BCUT2D eigenvalue weighted by Crippen LogP contribution is 2.08. The molecule has 0 atom stereocenters. The average molecular weight is 313 g/mol. The molecular formula is C12H12INO. The van der Waals surface area contributed by atoms with Gasteiger partial charge in [0.15, 0.2) is 0 Å². The Morgan fingerprint density at radius 2 is 1.93 bits per heavy atom. The third-order valence-corrected chi connectivity index (χ3v) is 2.61. The quantitative estimate of drug-likeness (QED) is 0.659. The first-order valence-electron chi connectivity index (χ1n) is 4.50. The summed E-state index contributed by atoms with van der Waals surface area (Å²) in [7, 11) is 0. The predicted octanol–water partition coefficient (Wildman–Crippen LogP) is 2.43. The zero-order valence-electron chi connectivity index (χ0n) is 8.67. The zero-order valence-corrected chi connectivity index (χ0v) is 10.8. The lowest BCUT2D eigenvalue weighted by atomic mass is 10.1. The molecule has 15 heavy (non-hydrogen) atoms. The van der Waals surface area contributed by atoms with Gasteiger partial charge in [0, 0.05) is 9.13 Å². The lowest BCUT2D eigenvalue weighted by molar-refractivity contribution is 0.0930. The van der Waals surface area contributed by atoms with Crippen LogP contribution in [0.5, 0.6) is 0 Å². The Labute approximate surface area is 104 Å². The number of carbonyl (C=O) groups is 1. The van der Waals surface area contributed by atoms with Gasteiger partial charge in [0.25, 0.3) is 5.91 Å². The topological polar surface area (TPSA) is 29.1 Å². The Hall–Kier alpha value is -1.02. The molecule has 0 unspecified atom stereocenters. The first-order valence-corrected chi connectivity index (χ1v) is 5.58. The lowest BCUT2D eigenvalue weighted by Crippen LogP contribution is -2.42. The second-order valence-electron chi connectivity index (χ2n) is 3.73. The molecule has 1 N–H and O–H groups in total. The van der Waals surface area contributed by atoms with Crippen molar-refractivity contribution in [2.24, 2.45) is 0 Å². The van der Waals surface area contributed by atoms with Crippen LogP contribution in [-0.4, -0.2) is 11.4 Å². The number of carbonyl (C=O) groups excluding carboxylic acids is 1. The van der Waals surface area contributed by atoms with Crippen molar-refractivity contribution in [3.8, 4) is 12.3 Å². The van der Waals surface area contributed by atoms with Gasteiger partial charge in [-0.25, -0.2) is 0 Å². The molecule has 1 aromatic rings. The van der Waals surface area contributed by atoms with Gasteiger partial charge in [-0.3, -0.25) is 4.79 Å². The van der Waals surface area contributed by atoms with Crippen LogP contribution < -0.4 is 5.32 Å². The Morgan fingerprint density at radius 3 is 2.40 bits per heavy atom. The molecule has 1 rings (SSSR count). The summed E-state index contributed by atoms with van der Waals surface area (Å²) >= 11 is 2.19. The van der Waals surface area contributed by atoms with Gasteiger partial charge >= 0.3 is 0 Å². The number of halogens is 1. The summed E-state index contributed by atoms with van der Waals surface area (Å²) in [6.45, 7) is 3.58. The van der Waals surface area contributed by atoms with Crippen molar-refractivity contribution < 1.29 is 4.79 Å². The molecule has 3 heteroatoms. The minimum atomic E-state index is -0.611. The molecular weight excluding hydrogens is 301 g/mol. The van der Waals surface area contributed by atoms with E-state index < -0.39 is 5.54 Å². The fourth-order valence-electron chi connectivity index (χ4n) is 0.993. The van der Waals surface area contributed by atoms with E-state index in [2.05, 4.69) is 33.8 Å². The van der Waals surface area contributed by atoms with Crippen molar-refractivity contribution in [3.05, 3.63) is 33.4 Å². The van der Waals surface area contributed by atoms with Crippen molar-refractivity contribution >= 4 is 28.5 Å². The van der Waals surface area contributed by atoms with Crippen molar-refractivity contribution in [2.45, 2.75) is 19.4 Å². The van der Waals surface area contributed by atoms with Crippen molar-refractivity contribution in [1.29, 1.82) is 0 Å². The Kier molecular flexibility index (Phi) is 3.75. The fraction of sp³-hybridized carbons (Fsp3) is 0.250.